The number of nitro groups is 1. The van der Waals surface area contributed by atoms with E-state index in [1.807, 2.05) is 6.07 Å². The lowest BCUT2D eigenvalue weighted by Crippen LogP contribution is -2.03. The number of anilines is 1. The molecular formula is C14H9ClFN3O2. The first-order valence-electron chi connectivity index (χ1n) is 5.87. The van der Waals surface area contributed by atoms with Gasteiger partial charge in [-0.2, -0.15) is 5.26 Å². The maximum Gasteiger partial charge on any atom is 0.269 e. The Bertz CT molecular complexity index is 743. The number of hydrogen-bond donors (Lipinski definition) is 1. The Balaban J connectivity index is 2.18. The highest BCUT2D eigenvalue weighted by atomic mass is 35.5. The van der Waals surface area contributed by atoms with Crippen molar-refractivity contribution in [2.24, 2.45) is 0 Å². The molecule has 2 aromatic rings. The van der Waals surface area contributed by atoms with Gasteiger partial charge in [-0.1, -0.05) is 11.6 Å². The molecule has 0 atom stereocenters. The van der Waals surface area contributed by atoms with E-state index in [9.17, 15) is 14.5 Å². The van der Waals surface area contributed by atoms with Crippen LogP contribution in [0, 0.1) is 27.3 Å². The van der Waals surface area contributed by atoms with Gasteiger partial charge in [0.1, 0.15) is 5.82 Å². The predicted octanol–water partition coefficient (Wildman–Crippen LogP) is 3.87. The second-order valence-electron chi connectivity index (χ2n) is 4.19. The number of rotatable bonds is 4. The third-order valence-corrected chi connectivity index (χ3v) is 3.18. The fourth-order valence-electron chi connectivity index (χ4n) is 1.73. The lowest BCUT2D eigenvalue weighted by Gasteiger charge is -2.09. The molecule has 0 aliphatic rings. The van der Waals surface area contributed by atoms with Crippen molar-refractivity contribution < 1.29 is 9.31 Å². The third-order valence-electron chi connectivity index (χ3n) is 2.81. The zero-order chi connectivity index (χ0) is 15.4. The number of benzene rings is 2. The molecule has 0 fully saturated rings. The van der Waals surface area contributed by atoms with E-state index in [2.05, 4.69) is 5.32 Å². The number of non-ortho nitro benzene ring substituents is 1. The summed E-state index contributed by atoms with van der Waals surface area (Å²) in [5.74, 6) is -0.574. The van der Waals surface area contributed by atoms with Gasteiger partial charge in [-0.25, -0.2) is 4.39 Å². The van der Waals surface area contributed by atoms with Gasteiger partial charge < -0.3 is 5.32 Å². The molecule has 0 heterocycles. The molecule has 0 spiro atoms. The Morgan fingerprint density at radius 1 is 1.33 bits per heavy atom. The van der Waals surface area contributed by atoms with Crippen LogP contribution >= 0.6 is 11.6 Å². The van der Waals surface area contributed by atoms with Crippen LogP contribution in [0.1, 0.15) is 11.1 Å². The van der Waals surface area contributed by atoms with Gasteiger partial charge in [0.15, 0.2) is 0 Å². The van der Waals surface area contributed by atoms with Crippen LogP contribution in [0.5, 0.6) is 0 Å². The highest BCUT2D eigenvalue weighted by Crippen LogP contribution is 2.24. The minimum Gasteiger partial charge on any atom is -0.379 e. The maximum atomic E-state index is 13.7. The van der Waals surface area contributed by atoms with Crippen LogP contribution < -0.4 is 5.32 Å². The van der Waals surface area contributed by atoms with Crippen LogP contribution in [0.3, 0.4) is 0 Å². The molecule has 21 heavy (non-hydrogen) atoms. The van der Waals surface area contributed by atoms with Crippen molar-refractivity contribution in [1.82, 2.24) is 0 Å². The molecule has 0 bridgehead atoms. The van der Waals surface area contributed by atoms with Crippen molar-refractivity contribution in [2.45, 2.75) is 6.54 Å². The number of hydrogen-bond acceptors (Lipinski definition) is 4. The van der Waals surface area contributed by atoms with Gasteiger partial charge in [0, 0.05) is 23.7 Å². The Morgan fingerprint density at radius 3 is 2.71 bits per heavy atom. The van der Waals surface area contributed by atoms with Gasteiger partial charge in [-0.05, 0) is 29.8 Å². The fraction of sp³-hybridized carbons (Fsp3) is 0.0714. The lowest BCUT2D eigenvalue weighted by atomic mass is 10.1. The van der Waals surface area contributed by atoms with Crippen molar-refractivity contribution in [3.8, 4) is 6.07 Å². The summed E-state index contributed by atoms with van der Waals surface area (Å²) in [6, 6.07) is 9.90. The summed E-state index contributed by atoms with van der Waals surface area (Å²) < 4.78 is 13.7. The molecule has 0 unspecified atom stereocenters. The third kappa shape index (κ3) is 3.46. The molecule has 5 nitrogen and oxygen atoms in total. The maximum absolute atomic E-state index is 13.7. The van der Waals surface area contributed by atoms with E-state index in [4.69, 9.17) is 16.9 Å². The summed E-state index contributed by atoms with van der Waals surface area (Å²) in [5.41, 5.74) is 0.800. The molecule has 0 amide bonds. The molecule has 2 aromatic carbocycles. The van der Waals surface area contributed by atoms with Crippen LogP contribution in [0.2, 0.25) is 5.02 Å². The number of nitro benzene ring substituents is 1. The molecule has 0 aromatic heterocycles. The van der Waals surface area contributed by atoms with Crippen molar-refractivity contribution in [3.05, 3.63) is 68.5 Å². The lowest BCUT2D eigenvalue weighted by molar-refractivity contribution is -0.384. The van der Waals surface area contributed by atoms with Crippen molar-refractivity contribution in [3.63, 3.8) is 0 Å². The standard InChI is InChI=1S/C14H9ClFN3O2/c15-12-3-2-11(19(20)21)6-10(12)8-18-14-4-1-9(7-17)5-13(14)16/h1-6,18H,8H2. The smallest absolute Gasteiger partial charge is 0.269 e. The molecular weight excluding hydrogens is 297 g/mol. The van der Waals surface area contributed by atoms with E-state index in [0.29, 0.717) is 10.6 Å². The van der Waals surface area contributed by atoms with Crippen LogP contribution in [-0.4, -0.2) is 4.92 Å². The summed E-state index contributed by atoms with van der Waals surface area (Å²) in [7, 11) is 0. The highest BCUT2D eigenvalue weighted by Gasteiger charge is 2.10. The zero-order valence-corrected chi connectivity index (χ0v) is 11.4. The van der Waals surface area contributed by atoms with Gasteiger partial charge in [0.2, 0.25) is 0 Å². The van der Waals surface area contributed by atoms with E-state index in [1.165, 1.54) is 30.3 Å². The number of nitrogens with one attached hydrogen (secondary N) is 1. The molecule has 2 rings (SSSR count). The summed E-state index contributed by atoms with van der Waals surface area (Å²) in [5, 5.41) is 22.5. The normalized spacial score (nSPS) is 9.95. The monoisotopic (exact) mass is 305 g/mol. The van der Waals surface area contributed by atoms with E-state index in [-0.39, 0.29) is 23.5 Å². The van der Waals surface area contributed by atoms with Crippen molar-refractivity contribution in [1.29, 1.82) is 5.26 Å². The Kier molecular flexibility index (Phi) is 4.36. The SMILES string of the molecule is N#Cc1ccc(NCc2cc([N+](=O)[O-])ccc2Cl)c(F)c1. The topological polar surface area (TPSA) is 79.0 Å². The quantitative estimate of drug-likeness (QED) is 0.687. The Labute approximate surface area is 124 Å². The van der Waals surface area contributed by atoms with Gasteiger partial charge in [0.25, 0.3) is 5.69 Å². The molecule has 106 valence electrons. The summed E-state index contributed by atoms with van der Waals surface area (Å²) >= 11 is 5.96. The van der Waals surface area contributed by atoms with Gasteiger partial charge in [0.05, 0.1) is 22.2 Å². The Hall–Kier alpha value is -2.65. The second-order valence-corrected chi connectivity index (χ2v) is 4.60. The zero-order valence-electron chi connectivity index (χ0n) is 10.6. The molecule has 0 aliphatic carbocycles. The first-order valence-corrected chi connectivity index (χ1v) is 6.25. The largest absolute Gasteiger partial charge is 0.379 e. The van der Waals surface area contributed by atoms with E-state index in [0.717, 1.165) is 6.07 Å². The van der Waals surface area contributed by atoms with Crippen molar-refractivity contribution in [2.75, 3.05) is 5.32 Å². The molecule has 1 N–H and O–H groups in total. The van der Waals surface area contributed by atoms with E-state index >= 15 is 0 Å². The Morgan fingerprint density at radius 2 is 2.10 bits per heavy atom. The fourth-order valence-corrected chi connectivity index (χ4v) is 1.91. The minimum atomic E-state index is -0.574. The highest BCUT2D eigenvalue weighted by molar-refractivity contribution is 6.31. The van der Waals surface area contributed by atoms with Crippen LogP contribution in [0.25, 0.3) is 0 Å². The predicted molar refractivity (Wildman–Crippen MR) is 76.5 cm³/mol. The summed E-state index contributed by atoms with van der Waals surface area (Å²) in [6.45, 7) is 0.128. The average Bonchev–Trinajstić information content (AvgIpc) is 2.47. The van der Waals surface area contributed by atoms with Crippen LogP contribution in [0.15, 0.2) is 36.4 Å². The summed E-state index contributed by atoms with van der Waals surface area (Å²) in [4.78, 5) is 10.2. The van der Waals surface area contributed by atoms with E-state index in [1.54, 1.807) is 0 Å². The van der Waals surface area contributed by atoms with Crippen molar-refractivity contribution >= 4 is 23.0 Å². The summed E-state index contributed by atoms with van der Waals surface area (Å²) in [6.07, 6.45) is 0. The van der Waals surface area contributed by atoms with Gasteiger partial charge >= 0.3 is 0 Å². The van der Waals surface area contributed by atoms with Crippen LogP contribution in [-0.2, 0) is 6.54 Å². The first kappa shape index (κ1) is 14.8. The molecule has 0 saturated carbocycles. The minimum absolute atomic E-state index is 0.0866. The van der Waals surface area contributed by atoms with Gasteiger partial charge in [-0.15, -0.1) is 0 Å². The van der Waals surface area contributed by atoms with Crippen LogP contribution in [0.4, 0.5) is 15.8 Å². The second kappa shape index (κ2) is 6.20. The number of nitrogens with zero attached hydrogens (tertiary/aromatic N) is 2. The first-order chi connectivity index (χ1) is 10.0. The van der Waals surface area contributed by atoms with Gasteiger partial charge in [-0.3, -0.25) is 10.1 Å². The molecule has 0 aliphatic heterocycles. The molecule has 0 saturated heterocycles. The average molecular weight is 306 g/mol. The number of halogens is 2. The molecule has 0 radical (unpaired) electrons. The van der Waals surface area contributed by atoms with E-state index < -0.39 is 10.7 Å². The molecule has 7 heteroatoms. The number of nitriles is 1.